The Morgan fingerprint density at radius 3 is 2.41 bits per heavy atom. The van der Waals surface area contributed by atoms with Crippen LogP contribution in [0.4, 0.5) is 0 Å². The van der Waals surface area contributed by atoms with Gasteiger partial charge in [-0.15, -0.1) is 11.3 Å². The normalized spacial score (nSPS) is 15.3. The van der Waals surface area contributed by atoms with Gasteiger partial charge in [-0.1, -0.05) is 12.1 Å². The number of fused-ring (bicyclic) bond motifs is 1. The van der Waals surface area contributed by atoms with E-state index in [0.717, 1.165) is 54.5 Å². The monoisotopic (exact) mass is 413 g/mol. The molecule has 154 valence electrons. The Morgan fingerprint density at radius 1 is 1.10 bits per heavy atom. The van der Waals surface area contributed by atoms with Crippen molar-refractivity contribution in [3.63, 3.8) is 0 Å². The van der Waals surface area contributed by atoms with Gasteiger partial charge in [0.2, 0.25) is 5.91 Å². The van der Waals surface area contributed by atoms with Gasteiger partial charge in [-0.05, 0) is 26.0 Å². The number of benzene rings is 1. The van der Waals surface area contributed by atoms with Crippen LogP contribution < -0.4 is 5.69 Å². The number of rotatable bonds is 6. The standard InChI is InChI=1S/C21H27N5O2S/c1-3-25-18-6-4-5-7-19(18)26(21(25)28)9-8-20(27)24-12-10-23(11-13-24)14-17-15-29-16(2)22-17/h4-7,15H,3,8-14H2,1-2H3. The van der Waals surface area contributed by atoms with Crippen LogP contribution in [0.15, 0.2) is 34.4 Å². The van der Waals surface area contributed by atoms with Crippen LogP contribution in [0.1, 0.15) is 24.0 Å². The van der Waals surface area contributed by atoms with Gasteiger partial charge in [0.25, 0.3) is 0 Å². The van der Waals surface area contributed by atoms with Crippen LogP contribution in [-0.2, 0) is 24.4 Å². The van der Waals surface area contributed by atoms with Crippen molar-refractivity contribution in [2.45, 2.75) is 39.9 Å². The summed E-state index contributed by atoms with van der Waals surface area (Å²) >= 11 is 1.68. The maximum atomic E-state index is 12.7. The molecule has 1 saturated heterocycles. The maximum absolute atomic E-state index is 12.7. The highest BCUT2D eigenvalue weighted by Crippen LogP contribution is 2.15. The lowest BCUT2D eigenvalue weighted by atomic mass is 10.2. The van der Waals surface area contributed by atoms with E-state index in [-0.39, 0.29) is 11.6 Å². The fourth-order valence-corrected chi connectivity index (χ4v) is 4.63. The number of aryl methyl sites for hydroxylation is 3. The molecule has 0 unspecified atom stereocenters. The second-order valence-corrected chi connectivity index (χ2v) is 8.49. The predicted molar refractivity (Wildman–Crippen MR) is 115 cm³/mol. The number of piperazine rings is 1. The third-order valence-corrected chi connectivity index (χ3v) is 6.39. The first kappa shape index (κ1) is 19.8. The van der Waals surface area contributed by atoms with Crippen LogP contribution in [-0.4, -0.2) is 56.0 Å². The van der Waals surface area contributed by atoms with Gasteiger partial charge in [-0.2, -0.15) is 0 Å². The van der Waals surface area contributed by atoms with Crippen molar-refractivity contribution >= 4 is 28.3 Å². The Bertz CT molecular complexity index is 1060. The van der Waals surface area contributed by atoms with E-state index in [1.165, 1.54) is 0 Å². The molecule has 0 atom stereocenters. The molecule has 1 amide bonds. The van der Waals surface area contributed by atoms with Gasteiger partial charge in [-0.25, -0.2) is 9.78 Å². The minimum atomic E-state index is -0.0372. The molecule has 29 heavy (non-hydrogen) atoms. The average molecular weight is 414 g/mol. The molecule has 1 aromatic carbocycles. The summed E-state index contributed by atoms with van der Waals surface area (Å²) in [6, 6.07) is 7.78. The van der Waals surface area contributed by atoms with Crippen molar-refractivity contribution in [1.82, 2.24) is 23.9 Å². The number of carbonyl (C=O) groups excluding carboxylic acids is 1. The van der Waals surface area contributed by atoms with E-state index in [0.29, 0.717) is 19.5 Å². The van der Waals surface area contributed by atoms with E-state index in [2.05, 4.69) is 15.3 Å². The first-order valence-electron chi connectivity index (χ1n) is 10.2. The molecule has 7 nitrogen and oxygen atoms in total. The van der Waals surface area contributed by atoms with E-state index in [4.69, 9.17) is 0 Å². The highest BCUT2D eigenvalue weighted by molar-refractivity contribution is 7.09. The van der Waals surface area contributed by atoms with Gasteiger partial charge in [-0.3, -0.25) is 18.8 Å². The summed E-state index contributed by atoms with van der Waals surface area (Å²) in [5, 5.41) is 3.20. The molecule has 0 spiro atoms. The lowest BCUT2D eigenvalue weighted by molar-refractivity contribution is -0.133. The molecule has 3 aromatic rings. The minimum Gasteiger partial charge on any atom is -0.340 e. The van der Waals surface area contributed by atoms with Crippen LogP contribution in [0.5, 0.6) is 0 Å². The first-order valence-corrected chi connectivity index (χ1v) is 11.0. The van der Waals surface area contributed by atoms with Crippen LogP contribution >= 0.6 is 11.3 Å². The summed E-state index contributed by atoms with van der Waals surface area (Å²) in [5.74, 6) is 0.120. The van der Waals surface area contributed by atoms with Gasteiger partial charge >= 0.3 is 5.69 Å². The summed E-state index contributed by atoms with van der Waals surface area (Å²) < 4.78 is 3.50. The maximum Gasteiger partial charge on any atom is 0.329 e. The van der Waals surface area contributed by atoms with E-state index in [1.807, 2.05) is 43.0 Å². The smallest absolute Gasteiger partial charge is 0.329 e. The number of aromatic nitrogens is 3. The van der Waals surface area contributed by atoms with E-state index in [9.17, 15) is 9.59 Å². The van der Waals surface area contributed by atoms with Crippen LogP contribution in [0.3, 0.4) is 0 Å². The zero-order valence-corrected chi connectivity index (χ0v) is 17.8. The number of nitrogens with zero attached hydrogens (tertiary/aromatic N) is 5. The third kappa shape index (κ3) is 4.13. The zero-order chi connectivity index (χ0) is 20.4. The van der Waals surface area contributed by atoms with Crippen molar-refractivity contribution in [2.24, 2.45) is 0 Å². The average Bonchev–Trinajstić information content (AvgIpc) is 3.26. The molecular formula is C21H27N5O2S. The SMILES string of the molecule is CCn1c(=O)n(CCC(=O)N2CCN(Cc3csc(C)n3)CC2)c2ccccc21. The van der Waals surface area contributed by atoms with Gasteiger partial charge in [0, 0.05) is 57.6 Å². The molecule has 0 saturated carbocycles. The number of imidazole rings is 1. The Hall–Kier alpha value is -2.45. The Balaban J connectivity index is 1.35. The summed E-state index contributed by atoms with van der Waals surface area (Å²) in [4.78, 5) is 34.2. The quantitative estimate of drug-likeness (QED) is 0.622. The fraction of sp³-hybridized carbons (Fsp3) is 0.476. The highest BCUT2D eigenvalue weighted by atomic mass is 32.1. The van der Waals surface area contributed by atoms with Crippen LogP contribution in [0, 0.1) is 6.92 Å². The molecule has 0 radical (unpaired) electrons. The number of para-hydroxylation sites is 2. The highest BCUT2D eigenvalue weighted by Gasteiger charge is 2.22. The molecule has 0 aliphatic carbocycles. The minimum absolute atomic E-state index is 0.0372. The van der Waals surface area contributed by atoms with E-state index in [1.54, 1.807) is 20.5 Å². The third-order valence-electron chi connectivity index (χ3n) is 5.57. The molecule has 4 rings (SSSR count). The number of hydrogen-bond acceptors (Lipinski definition) is 5. The van der Waals surface area contributed by atoms with E-state index < -0.39 is 0 Å². The summed E-state index contributed by atoms with van der Waals surface area (Å²) in [5.41, 5.74) is 2.90. The molecule has 0 bridgehead atoms. The van der Waals surface area contributed by atoms with Crippen molar-refractivity contribution in [3.05, 3.63) is 50.8 Å². The van der Waals surface area contributed by atoms with Crippen molar-refractivity contribution in [3.8, 4) is 0 Å². The zero-order valence-electron chi connectivity index (χ0n) is 17.0. The van der Waals surface area contributed by atoms with Gasteiger partial charge in [0.05, 0.1) is 21.7 Å². The second kappa shape index (κ2) is 8.51. The van der Waals surface area contributed by atoms with Crippen LogP contribution in [0.2, 0.25) is 0 Å². The van der Waals surface area contributed by atoms with Crippen molar-refractivity contribution in [1.29, 1.82) is 0 Å². The summed E-state index contributed by atoms with van der Waals surface area (Å²) in [6.07, 6.45) is 0.350. The fourth-order valence-electron chi connectivity index (χ4n) is 4.03. The molecular weight excluding hydrogens is 386 g/mol. The molecule has 0 N–H and O–H groups in total. The Labute approximate surface area is 174 Å². The Kier molecular flexibility index (Phi) is 5.82. The lowest BCUT2D eigenvalue weighted by Crippen LogP contribution is -2.48. The number of thiazole rings is 1. The molecule has 1 aliphatic heterocycles. The molecule has 1 aliphatic rings. The van der Waals surface area contributed by atoms with E-state index >= 15 is 0 Å². The van der Waals surface area contributed by atoms with Gasteiger partial charge in [0.1, 0.15) is 0 Å². The predicted octanol–water partition coefficient (Wildman–Crippen LogP) is 2.32. The van der Waals surface area contributed by atoms with Crippen LogP contribution in [0.25, 0.3) is 11.0 Å². The molecule has 1 fully saturated rings. The molecule has 8 heteroatoms. The number of carbonyl (C=O) groups is 1. The Morgan fingerprint density at radius 2 is 1.79 bits per heavy atom. The molecule has 3 heterocycles. The van der Waals surface area contributed by atoms with Gasteiger partial charge in [0.15, 0.2) is 0 Å². The summed E-state index contributed by atoms with van der Waals surface area (Å²) in [7, 11) is 0. The topological polar surface area (TPSA) is 63.4 Å². The van der Waals surface area contributed by atoms with Crippen molar-refractivity contribution in [2.75, 3.05) is 26.2 Å². The number of amides is 1. The number of hydrogen-bond donors (Lipinski definition) is 0. The van der Waals surface area contributed by atoms with Crippen molar-refractivity contribution < 1.29 is 4.79 Å². The second-order valence-electron chi connectivity index (χ2n) is 7.43. The first-order chi connectivity index (χ1) is 14.1. The largest absolute Gasteiger partial charge is 0.340 e. The molecule has 2 aromatic heterocycles. The lowest BCUT2D eigenvalue weighted by Gasteiger charge is -2.34. The summed E-state index contributed by atoms with van der Waals surface area (Å²) in [6.45, 7) is 9.06. The van der Waals surface area contributed by atoms with Gasteiger partial charge < -0.3 is 4.90 Å².